The number of hydrazine groups is 1. The molecule has 3 aromatic rings. The van der Waals surface area contributed by atoms with Crippen LogP contribution in [0.25, 0.3) is 5.57 Å². The number of halogens is 2. The molecule has 4 rings (SSSR count). The Morgan fingerprint density at radius 3 is 2.41 bits per heavy atom. The fourth-order valence-electron chi connectivity index (χ4n) is 4.87. The third kappa shape index (κ3) is 8.13. The van der Waals surface area contributed by atoms with E-state index in [0.29, 0.717) is 22.3 Å². The third-order valence-electron chi connectivity index (χ3n) is 7.35. The van der Waals surface area contributed by atoms with E-state index in [2.05, 4.69) is 43.3 Å². The summed E-state index contributed by atoms with van der Waals surface area (Å²) in [6.45, 7) is 11.7. The van der Waals surface area contributed by atoms with Gasteiger partial charge in [-0.2, -0.15) is 9.56 Å². The van der Waals surface area contributed by atoms with Gasteiger partial charge in [0.1, 0.15) is 11.5 Å². The van der Waals surface area contributed by atoms with Crippen molar-refractivity contribution in [3.63, 3.8) is 0 Å². The number of anilines is 3. The molecule has 1 aliphatic rings. The summed E-state index contributed by atoms with van der Waals surface area (Å²) < 4.78 is 28.7. The number of aryl methyl sites for hydroxylation is 1. The van der Waals surface area contributed by atoms with Crippen molar-refractivity contribution in [2.45, 2.75) is 79.7 Å². The summed E-state index contributed by atoms with van der Waals surface area (Å²) in [4.78, 5) is 18.1. The van der Waals surface area contributed by atoms with Gasteiger partial charge in [0.05, 0.1) is 11.7 Å². The van der Waals surface area contributed by atoms with E-state index in [4.69, 9.17) is 0 Å². The van der Waals surface area contributed by atoms with Gasteiger partial charge >= 0.3 is 0 Å². The van der Waals surface area contributed by atoms with E-state index in [9.17, 15) is 14.4 Å². The molecule has 41 heavy (non-hydrogen) atoms. The van der Waals surface area contributed by atoms with E-state index in [0.717, 1.165) is 36.5 Å². The highest BCUT2D eigenvalue weighted by molar-refractivity contribution is 5.94. The van der Waals surface area contributed by atoms with E-state index in [1.54, 1.807) is 11.8 Å². The van der Waals surface area contributed by atoms with Crippen LogP contribution in [0.15, 0.2) is 60.7 Å². The van der Waals surface area contributed by atoms with E-state index in [-0.39, 0.29) is 23.5 Å². The van der Waals surface area contributed by atoms with Crippen molar-refractivity contribution in [2.75, 3.05) is 15.5 Å². The van der Waals surface area contributed by atoms with Crippen LogP contribution in [-0.4, -0.2) is 16.1 Å². The maximum absolute atomic E-state index is 15.3. The second kappa shape index (κ2) is 14.7. The number of aromatic nitrogens is 1. The topological polar surface area (TPSA) is 68.7 Å². The van der Waals surface area contributed by atoms with Gasteiger partial charge in [0.15, 0.2) is 5.82 Å². The SMILES string of the molecule is CC(=O)N(c1cc(F)c(N(O)Nc2cccc(F)n2)cc1C)[C@H](C)c1ccccc1C1=CCC(C)CC1.CCCC. The predicted octanol–water partition coefficient (Wildman–Crippen LogP) is 9.01. The van der Waals surface area contributed by atoms with Crippen molar-refractivity contribution in [1.29, 1.82) is 0 Å². The minimum Gasteiger partial charge on any atom is -0.305 e. The number of pyridine rings is 1. The van der Waals surface area contributed by atoms with Crippen LogP contribution in [0.4, 0.5) is 26.0 Å². The predicted molar refractivity (Wildman–Crippen MR) is 163 cm³/mol. The number of hydrogen-bond donors (Lipinski definition) is 2. The van der Waals surface area contributed by atoms with Crippen LogP contribution in [0.3, 0.4) is 0 Å². The Kier molecular flexibility index (Phi) is 11.4. The van der Waals surface area contributed by atoms with Crippen LogP contribution in [0, 0.1) is 24.6 Å². The van der Waals surface area contributed by atoms with Crippen LogP contribution in [0.2, 0.25) is 0 Å². The van der Waals surface area contributed by atoms with Gasteiger partial charge < -0.3 is 4.90 Å². The Bertz CT molecular complexity index is 1360. The first-order valence-electron chi connectivity index (χ1n) is 14.3. The molecule has 0 aliphatic heterocycles. The molecule has 8 heteroatoms. The second-order valence-corrected chi connectivity index (χ2v) is 10.6. The van der Waals surface area contributed by atoms with Gasteiger partial charge in [-0.15, -0.1) is 0 Å². The number of hydrogen-bond acceptors (Lipinski definition) is 5. The maximum atomic E-state index is 15.3. The first-order valence-corrected chi connectivity index (χ1v) is 14.3. The standard InChI is InChI=1S/C29H32F2N4O2.C4H10/c1-18-12-14-22(15-13-18)24-9-6-5-8-23(24)20(3)34(21(4)36)26-17-25(30)27(16-19(26)2)35(37)33-29-11-7-10-28(31)32-29;1-3-4-2/h5-11,14,16-18,20,37H,12-13,15H2,1-4H3,(H,32,33);3-4H2,1-2H3/t18?,20-;/m1./s1. The van der Waals surface area contributed by atoms with Gasteiger partial charge in [-0.3, -0.25) is 15.4 Å². The molecule has 0 bridgehead atoms. The molecule has 2 N–H and O–H groups in total. The number of carbonyl (C=O) groups excluding carboxylic acids is 1. The van der Waals surface area contributed by atoms with Crippen LogP contribution < -0.4 is 15.5 Å². The molecule has 6 nitrogen and oxygen atoms in total. The first kappa shape index (κ1) is 31.7. The molecule has 0 radical (unpaired) electrons. The maximum Gasteiger partial charge on any atom is 0.224 e. The van der Waals surface area contributed by atoms with Gasteiger partial charge in [-0.25, -0.2) is 9.37 Å². The molecule has 0 saturated carbocycles. The van der Waals surface area contributed by atoms with E-state index < -0.39 is 11.8 Å². The Balaban J connectivity index is 0.00000108. The van der Waals surface area contributed by atoms with E-state index in [1.807, 2.05) is 25.1 Å². The zero-order valence-corrected chi connectivity index (χ0v) is 24.9. The molecule has 0 spiro atoms. The number of carbonyl (C=O) groups is 1. The zero-order valence-electron chi connectivity index (χ0n) is 24.9. The average Bonchev–Trinajstić information content (AvgIpc) is 2.95. The molecule has 1 aliphatic carbocycles. The Hall–Kier alpha value is -3.78. The molecule has 0 saturated heterocycles. The molecule has 1 amide bonds. The smallest absolute Gasteiger partial charge is 0.224 e. The van der Waals surface area contributed by atoms with Crippen molar-refractivity contribution in [1.82, 2.24) is 4.98 Å². The van der Waals surface area contributed by atoms with Crippen molar-refractivity contribution >= 4 is 28.7 Å². The summed E-state index contributed by atoms with van der Waals surface area (Å²) in [6, 6.07) is 14.4. The fraction of sp³-hybridized carbons (Fsp3) is 0.394. The van der Waals surface area contributed by atoms with Gasteiger partial charge in [-0.1, -0.05) is 70.0 Å². The minimum atomic E-state index is -0.761. The van der Waals surface area contributed by atoms with Gasteiger partial charge in [0.2, 0.25) is 11.9 Å². The van der Waals surface area contributed by atoms with Crippen molar-refractivity contribution < 1.29 is 18.8 Å². The number of nitrogens with one attached hydrogen (secondary N) is 1. The highest BCUT2D eigenvalue weighted by atomic mass is 19.1. The van der Waals surface area contributed by atoms with Crippen LogP contribution in [-0.2, 0) is 4.79 Å². The van der Waals surface area contributed by atoms with Gasteiger partial charge in [-0.05, 0) is 79.5 Å². The largest absolute Gasteiger partial charge is 0.305 e. The summed E-state index contributed by atoms with van der Waals surface area (Å²) in [5.41, 5.74) is 6.61. The molecule has 2 atom stereocenters. The molecule has 0 fully saturated rings. The molecular weight excluding hydrogens is 522 g/mol. The minimum absolute atomic E-state index is 0.00522. The third-order valence-corrected chi connectivity index (χ3v) is 7.35. The molecule has 220 valence electrons. The molecule has 1 aromatic heterocycles. The fourth-order valence-corrected chi connectivity index (χ4v) is 4.87. The van der Waals surface area contributed by atoms with Crippen LogP contribution >= 0.6 is 0 Å². The monoisotopic (exact) mass is 564 g/mol. The number of rotatable bonds is 8. The second-order valence-electron chi connectivity index (χ2n) is 10.6. The highest BCUT2D eigenvalue weighted by Gasteiger charge is 2.27. The van der Waals surface area contributed by atoms with Crippen LogP contribution in [0.1, 0.15) is 89.5 Å². The number of amides is 1. The van der Waals surface area contributed by atoms with E-state index in [1.165, 1.54) is 49.6 Å². The van der Waals surface area contributed by atoms with Crippen molar-refractivity contribution in [3.8, 4) is 0 Å². The number of allylic oxidation sites excluding steroid dienone is 2. The average molecular weight is 565 g/mol. The molecular formula is C33H42F2N4O2. The molecule has 2 aromatic carbocycles. The Morgan fingerprint density at radius 1 is 1.10 bits per heavy atom. The Morgan fingerprint density at radius 2 is 1.80 bits per heavy atom. The summed E-state index contributed by atoms with van der Waals surface area (Å²) in [5, 5.41) is 10.9. The first-order chi connectivity index (χ1) is 19.6. The highest BCUT2D eigenvalue weighted by Crippen LogP contribution is 2.38. The van der Waals surface area contributed by atoms with Crippen LogP contribution in [0.5, 0.6) is 0 Å². The van der Waals surface area contributed by atoms with Crippen molar-refractivity contribution in [3.05, 3.63) is 89.1 Å². The lowest BCUT2D eigenvalue weighted by Crippen LogP contribution is -2.33. The summed E-state index contributed by atoms with van der Waals surface area (Å²) >= 11 is 0. The van der Waals surface area contributed by atoms with Gasteiger partial charge in [0, 0.05) is 13.0 Å². The van der Waals surface area contributed by atoms with Crippen molar-refractivity contribution in [2.24, 2.45) is 5.92 Å². The number of nitrogens with zero attached hydrogens (tertiary/aromatic N) is 3. The summed E-state index contributed by atoms with van der Waals surface area (Å²) in [6.07, 6.45) is 8.05. The summed E-state index contributed by atoms with van der Waals surface area (Å²) in [5.74, 6) is -1.07. The number of benzene rings is 2. The summed E-state index contributed by atoms with van der Waals surface area (Å²) in [7, 11) is 0. The molecule has 1 heterocycles. The normalized spacial score (nSPS) is 15.2. The lowest BCUT2D eigenvalue weighted by molar-refractivity contribution is -0.117. The van der Waals surface area contributed by atoms with Gasteiger partial charge in [0.25, 0.3) is 0 Å². The quantitative estimate of drug-likeness (QED) is 0.211. The van der Waals surface area contributed by atoms with E-state index >= 15 is 4.39 Å². The number of unbranched alkanes of at least 4 members (excludes halogenated alkanes) is 1. The zero-order chi connectivity index (χ0) is 30.1. The Labute approximate surface area is 242 Å². The lowest BCUT2D eigenvalue weighted by Gasteiger charge is -2.32. The lowest BCUT2D eigenvalue weighted by atomic mass is 9.84. The molecule has 1 unspecified atom stereocenters.